The van der Waals surface area contributed by atoms with Crippen LogP contribution in [0.4, 0.5) is 15.2 Å². The Morgan fingerprint density at radius 3 is 2.85 bits per heavy atom. The fraction of sp³-hybridized carbons (Fsp3) is 0.526. The molecule has 3 rings (SSSR count). The number of halogens is 1. The van der Waals surface area contributed by atoms with E-state index in [0.717, 1.165) is 6.42 Å². The van der Waals surface area contributed by atoms with Crippen LogP contribution in [-0.4, -0.2) is 27.4 Å². The minimum atomic E-state index is -0.342. The standard InChI is InChI=1S/C19H25FN4OS2/c1-11-7-6-10-15(12(11)2)21-17(25)13(3)26-19-24-23-18(27-19)22-16-9-5-4-8-14(16)20/h4-5,8-9,11-13,15H,6-7,10H2,1-3H3,(H,21,25)(H,22,23)/t11-,12-,13-,15+/m1/s1. The molecule has 1 aliphatic carbocycles. The van der Waals surface area contributed by atoms with Crippen molar-refractivity contribution in [2.45, 2.75) is 55.7 Å². The summed E-state index contributed by atoms with van der Waals surface area (Å²) in [4.78, 5) is 12.6. The number of para-hydroxylation sites is 1. The third-order valence-electron chi connectivity index (χ3n) is 5.20. The highest BCUT2D eigenvalue weighted by molar-refractivity contribution is 8.02. The highest BCUT2D eigenvalue weighted by Crippen LogP contribution is 2.32. The van der Waals surface area contributed by atoms with E-state index in [2.05, 4.69) is 34.7 Å². The van der Waals surface area contributed by atoms with Gasteiger partial charge in [-0.05, 0) is 37.3 Å². The van der Waals surface area contributed by atoms with E-state index in [4.69, 9.17) is 0 Å². The van der Waals surface area contributed by atoms with Gasteiger partial charge in [0.25, 0.3) is 0 Å². The molecule has 5 nitrogen and oxygen atoms in total. The molecule has 4 atom stereocenters. The number of nitrogens with zero attached hydrogens (tertiary/aromatic N) is 2. The molecule has 2 N–H and O–H groups in total. The number of carbonyl (C=O) groups is 1. The molecule has 1 fully saturated rings. The SMILES string of the molecule is C[C@@H]1[C@H](C)CCC[C@@H]1NC(=O)[C@@H](C)Sc1nnc(Nc2ccccc2F)s1. The molecular weight excluding hydrogens is 383 g/mol. The summed E-state index contributed by atoms with van der Waals surface area (Å²) in [6, 6.07) is 6.67. The fourth-order valence-electron chi connectivity index (χ4n) is 3.28. The van der Waals surface area contributed by atoms with Gasteiger partial charge in [0.05, 0.1) is 10.9 Å². The number of thioether (sulfide) groups is 1. The lowest BCUT2D eigenvalue weighted by molar-refractivity contribution is -0.121. The molecule has 146 valence electrons. The summed E-state index contributed by atoms with van der Waals surface area (Å²) >= 11 is 2.69. The lowest BCUT2D eigenvalue weighted by atomic mass is 9.78. The Labute approximate surface area is 167 Å². The van der Waals surface area contributed by atoms with Crippen molar-refractivity contribution in [2.75, 3.05) is 5.32 Å². The number of anilines is 2. The van der Waals surface area contributed by atoms with Crippen molar-refractivity contribution >= 4 is 39.8 Å². The maximum atomic E-state index is 13.7. The monoisotopic (exact) mass is 408 g/mol. The Hall–Kier alpha value is -1.67. The molecule has 0 bridgehead atoms. The summed E-state index contributed by atoms with van der Waals surface area (Å²) < 4.78 is 14.4. The molecule has 8 heteroatoms. The second-order valence-corrected chi connectivity index (χ2v) is 9.69. The summed E-state index contributed by atoms with van der Waals surface area (Å²) in [6.07, 6.45) is 3.45. The Balaban J connectivity index is 1.55. The minimum absolute atomic E-state index is 0.0322. The Bertz CT molecular complexity index is 785. The number of amides is 1. The van der Waals surface area contributed by atoms with Gasteiger partial charge in [0, 0.05) is 6.04 Å². The number of aromatic nitrogens is 2. The first kappa shape index (κ1) is 20.1. The number of nitrogens with one attached hydrogen (secondary N) is 2. The second-order valence-electron chi connectivity index (χ2n) is 7.12. The molecule has 1 aliphatic rings. The van der Waals surface area contributed by atoms with E-state index in [0.29, 0.717) is 27.0 Å². The predicted octanol–water partition coefficient (Wildman–Crippen LogP) is 4.84. The predicted molar refractivity (Wildman–Crippen MR) is 109 cm³/mol. The third kappa shape index (κ3) is 5.19. The Morgan fingerprint density at radius 1 is 1.30 bits per heavy atom. The van der Waals surface area contributed by atoms with Gasteiger partial charge in [-0.1, -0.05) is 61.9 Å². The van der Waals surface area contributed by atoms with Crippen LogP contribution in [0.5, 0.6) is 0 Å². The number of benzene rings is 1. The maximum absolute atomic E-state index is 13.7. The lowest BCUT2D eigenvalue weighted by Gasteiger charge is -2.35. The molecule has 0 spiro atoms. The van der Waals surface area contributed by atoms with Gasteiger partial charge in [-0.2, -0.15) is 0 Å². The van der Waals surface area contributed by atoms with Gasteiger partial charge in [-0.25, -0.2) is 4.39 Å². The summed E-state index contributed by atoms with van der Waals surface area (Å²) in [7, 11) is 0. The van der Waals surface area contributed by atoms with Crippen molar-refractivity contribution in [3.8, 4) is 0 Å². The molecule has 1 heterocycles. The van der Waals surface area contributed by atoms with Crippen molar-refractivity contribution in [1.82, 2.24) is 15.5 Å². The molecule has 1 amide bonds. The minimum Gasteiger partial charge on any atom is -0.352 e. The van der Waals surface area contributed by atoms with Crippen LogP contribution < -0.4 is 10.6 Å². The van der Waals surface area contributed by atoms with Crippen LogP contribution in [-0.2, 0) is 4.79 Å². The van der Waals surface area contributed by atoms with Crippen molar-refractivity contribution < 1.29 is 9.18 Å². The molecular formula is C19H25FN4OS2. The molecule has 0 unspecified atom stereocenters. The van der Waals surface area contributed by atoms with Crippen LogP contribution in [0.1, 0.15) is 40.0 Å². The van der Waals surface area contributed by atoms with Gasteiger partial charge in [0.1, 0.15) is 5.82 Å². The summed E-state index contributed by atoms with van der Waals surface area (Å²) in [5.74, 6) is 0.829. The first-order valence-electron chi connectivity index (χ1n) is 9.26. The average Bonchev–Trinajstić information content (AvgIpc) is 3.08. The molecule has 1 aromatic heterocycles. The van der Waals surface area contributed by atoms with Gasteiger partial charge >= 0.3 is 0 Å². The van der Waals surface area contributed by atoms with Gasteiger partial charge in [-0.3, -0.25) is 4.79 Å². The van der Waals surface area contributed by atoms with Gasteiger partial charge in [0.2, 0.25) is 11.0 Å². The Kier molecular flexibility index (Phi) is 6.70. The van der Waals surface area contributed by atoms with Crippen LogP contribution in [0.3, 0.4) is 0 Å². The van der Waals surface area contributed by atoms with Crippen molar-refractivity contribution in [1.29, 1.82) is 0 Å². The van der Waals surface area contributed by atoms with Crippen LogP contribution >= 0.6 is 23.1 Å². The van der Waals surface area contributed by atoms with Gasteiger partial charge in [0.15, 0.2) is 4.34 Å². The summed E-state index contributed by atoms with van der Waals surface area (Å²) in [5, 5.41) is 14.5. The smallest absolute Gasteiger partial charge is 0.233 e. The molecule has 2 aromatic rings. The van der Waals surface area contributed by atoms with Crippen LogP contribution in [0.15, 0.2) is 28.6 Å². The third-order valence-corrected chi connectivity index (χ3v) is 7.23. The first-order chi connectivity index (χ1) is 12.9. The highest BCUT2D eigenvalue weighted by atomic mass is 32.2. The van der Waals surface area contributed by atoms with Gasteiger partial charge < -0.3 is 10.6 Å². The van der Waals surface area contributed by atoms with Crippen LogP contribution in [0.25, 0.3) is 0 Å². The first-order valence-corrected chi connectivity index (χ1v) is 11.0. The van der Waals surface area contributed by atoms with E-state index < -0.39 is 0 Å². The molecule has 0 aliphatic heterocycles. The van der Waals surface area contributed by atoms with E-state index in [1.54, 1.807) is 18.2 Å². The molecule has 0 saturated heterocycles. The van der Waals surface area contributed by atoms with Crippen molar-refractivity contribution in [3.05, 3.63) is 30.1 Å². The zero-order chi connectivity index (χ0) is 19.4. The normalized spacial score (nSPS) is 23.6. The van der Waals surface area contributed by atoms with E-state index in [1.165, 1.54) is 42.0 Å². The maximum Gasteiger partial charge on any atom is 0.233 e. The molecule has 0 radical (unpaired) electrons. The average molecular weight is 409 g/mol. The molecule has 1 saturated carbocycles. The quantitative estimate of drug-likeness (QED) is 0.669. The molecule has 1 aromatic carbocycles. The van der Waals surface area contributed by atoms with E-state index in [-0.39, 0.29) is 23.0 Å². The Morgan fingerprint density at radius 2 is 2.07 bits per heavy atom. The number of rotatable bonds is 6. The van der Waals surface area contributed by atoms with Crippen LogP contribution in [0, 0.1) is 17.7 Å². The highest BCUT2D eigenvalue weighted by Gasteiger charge is 2.29. The van der Waals surface area contributed by atoms with Crippen LogP contribution in [0.2, 0.25) is 0 Å². The molecule has 27 heavy (non-hydrogen) atoms. The van der Waals surface area contributed by atoms with E-state index >= 15 is 0 Å². The zero-order valence-corrected chi connectivity index (χ0v) is 17.4. The van der Waals surface area contributed by atoms with Gasteiger partial charge in [-0.15, -0.1) is 10.2 Å². The number of carbonyl (C=O) groups excluding carboxylic acids is 1. The van der Waals surface area contributed by atoms with Crippen molar-refractivity contribution in [2.24, 2.45) is 11.8 Å². The topological polar surface area (TPSA) is 66.9 Å². The zero-order valence-electron chi connectivity index (χ0n) is 15.7. The van der Waals surface area contributed by atoms with Crippen molar-refractivity contribution in [3.63, 3.8) is 0 Å². The summed E-state index contributed by atoms with van der Waals surface area (Å²) in [5.41, 5.74) is 0.358. The second kappa shape index (κ2) is 9.01. The lowest BCUT2D eigenvalue weighted by Crippen LogP contribution is -2.46. The number of hydrogen-bond donors (Lipinski definition) is 2. The van der Waals surface area contributed by atoms with E-state index in [1.807, 2.05) is 6.92 Å². The summed E-state index contributed by atoms with van der Waals surface area (Å²) in [6.45, 7) is 6.35. The number of hydrogen-bond acceptors (Lipinski definition) is 6. The van der Waals surface area contributed by atoms with E-state index in [9.17, 15) is 9.18 Å². The largest absolute Gasteiger partial charge is 0.352 e. The fourth-order valence-corrected chi connectivity index (χ4v) is 5.19.